The van der Waals surface area contributed by atoms with E-state index < -0.39 is 6.10 Å². The topological polar surface area (TPSA) is 45.1 Å². The van der Waals surface area contributed by atoms with Crippen LogP contribution in [-0.2, 0) is 6.42 Å². The highest BCUT2D eigenvalue weighted by Crippen LogP contribution is 2.21. The van der Waals surface area contributed by atoms with Crippen molar-refractivity contribution in [3.05, 3.63) is 64.9 Å². The minimum absolute atomic E-state index is 0.490. The van der Waals surface area contributed by atoms with Crippen LogP contribution < -0.4 is 5.32 Å². The van der Waals surface area contributed by atoms with Gasteiger partial charge in [0.15, 0.2) is 0 Å². The summed E-state index contributed by atoms with van der Waals surface area (Å²) < 4.78 is 0. The second-order valence-corrected chi connectivity index (χ2v) is 4.76. The van der Waals surface area contributed by atoms with Crippen molar-refractivity contribution in [2.45, 2.75) is 12.5 Å². The molecule has 3 nitrogen and oxygen atoms in total. The van der Waals surface area contributed by atoms with Crippen molar-refractivity contribution >= 4 is 11.6 Å². The Labute approximate surface area is 118 Å². The molecule has 100 valence electrons. The van der Waals surface area contributed by atoms with E-state index in [9.17, 15) is 5.11 Å². The maximum absolute atomic E-state index is 10.0. The van der Waals surface area contributed by atoms with Crippen molar-refractivity contribution in [2.24, 2.45) is 0 Å². The molecule has 0 bridgehead atoms. The third kappa shape index (κ3) is 4.31. The lowest BCUT2D eigenvalue weighted by Gasteiger charge is -2.13. The van der Waals surface area contributed by atoms with Crippen LogP contribution in [0.15, 0.2) is 48.8 Å². The highest BCUT2D eigenvalue weighted by atomic mass is 35.5. The maximum atomic E-state index is 10.0. The van der Waals surface area contributed by atoms with E-state index in [4.69, 9.17) is 11.6 Å². The van der Waals surface area contributed by atoms with Gasteiger partial charge in [0.2, 0.25) is 0 Å². The van der Waals surface area contributed by atoms with Gasteiger partial charge in [-0.1, -0.05) is 35.9 Å². The second-order valence-electron chi connectivity index (χ2n) is 4.35. The number of pyridine rings is 1. The summed E-state index contributed by atoms with van der Waals surface area (Å²) in [7, 11) is 0. The van der Waals surface area contributed by atoms with Crippen LogP contribution in [0.4, 0.5) is 0 Å². The van der Waals surface area contributed by atoms with Crippen molar-refractivity contribution in [3.8, 4) is 0 Å². The van der Waals surface area contributed by atoms with Crippen LogP contribution in [0.25, 0.3) is 0 Å². The summed E-state index contributed by atoms with van der Waals surface area (Å²) in [6, 6.07) is 11.3. The Morgan fingerprint density at radius 3 is 2.79 bits per heavy atom. The molecule has 0 aliphatic rings. The summed E-state index contributed by atoms with van der Waals surface area (Å²) >= 11 is 6.03. The molecular formula is C15H17ClN2O. The third-order valence-corrected chi connectivity index (χ3v) is 3.26. The fraction of sp³-hybridized carbons (Fsp3) is 0.267. The van der Waals surface area contributed by atoms with Crippen LogP contribution in [0, 0.1) is 0 Å². The first kappa shape index (κ1) is 14.0. The molecule has 2 N–H and O–H groups in total. The summed E-state index contributed by atoms with van der Waals surface area (Å²) in [5.74, 6) is 0. The van der Waals surface area contributed by atoms with Crippen LogP contribution in [-0.4, -0.2) is 23.2 Å². The van der Waals surface area contributed by atoms with E-state index in [1.54, 1.807) is 12.3 Å². The average Bonchev–Trinajstić information content (AvgIpc) is 2.45. The van der Waals surface area contributed by atoms with E-state index in [2.05, 4.69) is 10.3 Å². The number of hydrogen-bond acceptors (Lipinski definition) is 3. The number of aliphatic hydroxyl groups is 1. The molecule has 0 aliphatic carbocycles. The van der Waals surface area contributed by atoms with Gasteiger partial charge in [-0.05, 0) is 30.7 Å². The minimum Gasteiger partial charge on any atom is -0.387 e. The van der Waals surface area contributed by atoms with Gasteiger partial charge in [0.25, 0.3) is 0 Å². The van der Waals surface area contributed by atoms with Crippen molar-refractivity contribution in [2.75, 3.05) is 13.1 Å². The summed E-state index contributed by atoms with van der Waals surface area (Å²) in [6.45, 7) is 1.29. The van der Waals surface area contributed by atoms with Gasteiger partial charge in [-0.2, -0.15) is 0 Å². The number of nitrogens with one attached hydrogen (secondary N) is 1. The Hall–Kier alpha value is -1.42. The molecule has 0 spiro atoms. The number of rotatable bonds is 6. The molecule has 1 aromatic carbocycles. The molecule has 0 fully saturated rings. The zero-order chi connectivity index (χ0) is 13.5. The van der Waals surface area contributed by atoms with E-state index in [1.165, 1.54) is 5.56 Å². The fourth-order valence-electron chi connectivity index (χ4n) is 1.87. The van der Waals surface area contributed by atoms with E-state index in [0.29, 0.717) is 11.6 Å². The Bertz CT molecular complexity index is 505. The van der Waals surface area contributed by atoms with Crippen molar-refractivity contribution < 1.29 is 5.11 Å². The number of hydrogen-bond donors (Lipinski definition) is 2. The molecule has 1 heterocycles. The van der Waals surface area contributed by atoms with Crippen LogP contribution in [0.3, 0.4) is 0 Å². The molecule has 4 heteroatoms. The van der Waals surface area contributed by atoms with Crippen molar-refractivity contribution in [1.82, 2.24) is 10.3 Å². The Morgan fingerprint density at radius 1 is 1.21 bits per heavy atom. The fourth-order valence-corrected chi connectivity index (χ4v) is 2.13. The van der Waals surface area contributed by atoms with Gasteiger partial charge in [-0.3, -0.25) is 4.98 Å². The first-order chi connectivity index (χ1) is 9.27. The summed E-state index contributed by atoms with van der Waals surface area (Å²) in [5, 5.41) is 13.9. The van der Waals surface area contributed by atoms with Gasteiger partial charge in [-0.25, -0.2) is 0 Å². The average molecular weight is 277 g/mol. The van der Waals surface area contributed by atoms with Crippen LogP contribution in [0.1, 0.15) is 17.2 Å². The molecule has 2 rings (SSSR count). The van der Waals surface area contributed by atoms with Crippen LogP contribution in [0.2, 0.25) is 5.02 Å². The number of benzene rings is 1. The standard InChI is InChI=1S/C15H17ClN2O/c16-14-6-2-1-5-13(14)15(19)11-18-9-7-12-4-3-8-17-10-12/h1-6,8,10,15,18-19H,7,9,11H2. The molecule has 0 amide bonds. The molecular weight excluding hydrogens is 260 g/mol. The molecule has 1 unspecified atom stereocenters. The third-order valence-electron chi connectivity index (χ3n) is 2.92. The van der Waals surface area contributed by atoms with E-state index in [-0.39, 0.29) is 0 Å². The van der Waals surface area contributed by atoms with Gasteiger partial charge in [0, 0.05) is 29.5 Å². The summed E-state index contributed by atoms with van der Waals surface area (Å²) in [6.07, 6.45) is 3.93. The lowest BCUT2D eigenvalue weighted by molar-refractivity contribution is 0.175. The number of aliphatic hydroxyl groups excluding tert-OH is 1. The van der Waals surface area contributed by atoms with Gasteiger partial charge in [0.1, 0.15) is 0 Å². The molecule has 1 atom stereocenters. The smallest absolute Gasteiger partial charge is 0.0928 e. The molecule has 2 aromatic rings. The van der Waals surface area contributed by atoms with Crippen LogP contribution in [0.5, 0.6) is 0 Å². The first-order valence-electron chi connectivity index (χ1n) is 6.29. The molecule has 1 aromatic heterocycles. The molecule has 0 saturated carbocycles. The lowest BCUT2D eigenvalue weighted by Crippen LogP contribution is -2.23. The summed E-state index contributed by atoms with van der Waals surface area (Å²) in [5.41, 5.74) is 1.94. The zero-order valence-corrected chi connectivity index (χ0v) is 11.3. The maximum Gasteiger partial charge on any atom is 0.0928 e. The monoisotopic (exact) mass is 276 g/mol. The number of aromatic nitrogens is 1. The second kappa shape index (κ2) is 7.24. The van der Waals surface area contributed by atoms with E-state index in [1.807, 2.05) is 36.5 Å². The summed E-state index contributed by atoms with van der Waals surface area (Å²) in [4.78, 5) is 4.06. The molecule has 0 aliphatic heterocycles. The highest BCUT2D eigenvalue weighted by Gasteiger charge is 2.09. The predicted molar refractivity (Wildman–Crippen MR) is 77.2 cm³/mol. The SMILES string of the molecule is OC(CNCCc1cccnc1)c1ccccc1Cl. The van der Waals surface area contributed by atoms with Crippen molar-refractivity contribution in [1.29, 1.82) is 0 Å². The van der Waals surface area contributed by atoms with Crippen LogP contribution >= 0.6 is 11.6 Å². The zero-order valence-electron chi connectivity index (χ0n) is 10.6. The van der Waals surface area contributed by atoms with Gasteiger partial charge >= 0.3 is 0 Å². The predicted octanol–water partition coefficient (Wildman–Crippen LogP) is 2.60. The minimum atomic E-state index is -0.581. The molecule has 0 saturated heterocycles. The Balaban J connectivity index is 1.76. The highest BCUT2D eigenvalue weighted by molar-refractivity contribution is 6.31. The number of halogens is 1. The largest absolute Gasteiger partial charge is 0.387 e. The van der Waals surface area contributed by atoms with Gasteiger partial charge in [0.05, 0.1) is 6.10 Å². The molecule has 0 radical (unpaired) electrons. The Morgan fingerprint density at radius 2 is 2.05 bits per heavy atom. The van der Waals surface area contributed by atoms with Crippen molar-refractivity contribution in [3.63, 3.8) is 0 Å². The normalized spacial score (nSPS) is 12.3. The van der Waals surface area contributed by atoms with Gasteiger partial charge in [-0.15, -0.1) is 0 Å². The quantitative estimate of drug-likeness (QED) is 0.797. The molecule has 19 heavy (non-hydrogen) atoms. The Kier molecular flexibility index (Phi) is 5.33. The van der Waals surface area contributed by atoms with E-state index >= 15 is 0 Å². The lowest BCUT2D eigenvalue weighted by atomic mass is 10.1. The first-order valence-corrected chi connectivity index (χ1v) is 6.67. The number of nitrogens with zero attached hydrogens (tertiary/aromatic N) is 1. The van der Waals surface area contributed by atoms with E-state index in [0.717, 1.165) is 18.5 Å². The van der Waals surface area contributed by atoms with Gasteiger partial charge < -0.3 is 10.4 Å².